The molecule has 0 unspecified atom stereocenters. The van der Waals surface area contributed by atoms with E-state index in [0.29, 0.717) is 11.0 Å². The van der Waals surface area contributed by atoms with Gasteiger partial charge in [0.25, 0.3) is 0 Å². The molecule has 2 aliphatic heterocycles. The zero-order chi connectivity index (χ0) is 18.1. The number of aryl methyl sites for hydroxylation is 1. The Kier molecular flexibility index (Phi) is 4.61. The van der Waals surface area contributed by atoms with Crippen molar-refractivity contribution in [2.45, 2.75) is 45.7 Å². The number of hydrogen-bond acceptors (Lipinski definition) is 3. The highest BCUT2D eigenvalue weighted by molar-refractivity contribution is 5.81. The van der Waals surface area contributed by atoms with E-state index in [1.807, 2.05) is 45.2 Å². The maximum atomic E-state index is 12.9. The van der Waals surface area contributed by atoms with Crippen LogP contribution < -0.4 is 5.62 Å². The average Bonchev–Trinajstić information content (AvgIpc) is 2.94. The number of para-hydroxylation sites is 2. The Bertz CT molecular complexity index is 850. The van der Waals surface area contributed by atoms with Crippen LogP contribution in [0.5, 0.6) is 0 Å². The van der Waals surface area contributed by atoms with E-state index >= 15 is 0 Å². The van der Waals surface area contributed by atoms with E-state index in [9.17, 15) is 4.79 Å². The Morgan fingerprint density at radius 2 is 1.69 bits per heavy atom. The van der Waals surface area contributed by atoms with Gasteiger partial charge in [0, 0.05) is 32.8 Å². The summed E-state index contributed by atoms with van der Waals surface area (Å²) in [4.78, 5) is 14.9. The molecule has 0 saturated carbocycles. The number of carbonyl (C=O) groups excluding carboxylic acids is 1. The Hall–Kier alpha value is -2.08. The summed E-state index contributed by atoms with van der Waals surface area (Å²) < 4.78 is 9.31. The normalized spacial score (nSPS) is 20.0. The number of carbonyl (C=O) groups is 1. The maximum Gasteiger partial charge on any atom is 0.242 e. The monoisotopic (exact) mass is 356 g/mol. The number of fused-ring (bicyclic) bond motifs is 1. The number of benzene rings is 1. The number of piperidine rings is 1. The van der Waals surface area contributed by atoms with Gasteiger partial charge in [0.2, 0.25) is 11.5 Å². The fraction of sp³-hybridized carbons (Fsp3) is 0.600. The molecule has 4 rings (SSSR count). The number of rotatable bonds is 3. The van der Waals surface area contributed by atoms with E-state index in [1.165, 1.54) is 0 Å². The Morgan fingerprint density at radius 3 is 2.31 bits per heavy atom. The summed E-state index contributed by atoms with van der Waals surface area (Å²) in [6.07, 6.45) is 4.42. The van der Waals surface area contributed by atoms with Crippen molar-refractivity contribution >= 4 is 16.9 Å². The topological polar surface area (TPSA) is 63.2 Å². The molecule has 2 fully saturated rings. The van der Waals surface area contributed by atoms with Gasteiger partial charge in [-0.15, -0.1) is 0 Å². The van der Waals surface area contributed by atoms with Crippen LogP contribution in [0.25, 0.3) is 11.0 Å². The molecule has 1 aromatic carbocycles. The minimum absolute atomic E-state index is 0.129. The lowest BCUT2D eigenvalue weighted by Crippen LogP contribution is -2.46. The summed E-state index contributed by atoms with van der Waals surface area (Å²) in [7, 11) is 0. The first-order valence-electron chi connectivity index (χ1n) is 9.72. The average molecular weight is 356 g/mol. The van der Waals surface area contributed by atoms with Gasteiger partial charge in [-0.1, -0.05) is 12.1 Å². The van der Waals surface area contributed by atoms with Crippen LogP contribution in [0.4, 0.5) is 0 Å². The number of ether oxygens (including phenoxy) is 1. The molecule has 0 aliphatic carbocycles. The lowest BCUT2D eigenvalue weighted by molar-refractivity contribution is -0.135. The number of hydrogen-bond donors (Lipinski definition) is 1. The Labute approximate surface area is 153 Å². The van der Waals surface area contributed by atoms with Crippen molar-refractivity contribution in [2.24, 2.45) is 5.41 Å². The number of amides is 1. The highest BCUT2D eigenvalue weighted by atomic mass is 16.5. The first kappa shape index (κ1) is 17.3. The SMILES string of the molecule is CCn1c(=N)n(CC(=O)N2CCC3(CCOCC3)CC2)c2ccccc21. The van der Waals surface area contributed by atoms with Crippen LogP contribution in [0.15, 0.2) is 24.3 Å². The second-order valence-electron chi connectivity index (χ2n) is 7.64. The molecule has 2 aromatic rings. The van der Waals surface area contributed by atoms with Crippen molar-refractivity contribution in [2.75, 3.05) is 26.3 Å². The van der Waals surface area contributed by atoms with Gasteiger partial charge in [0.15, 0.2) is 0 Å². The quantitative estimate of drug-likeness (QED) is 0.918. The number of imidazole rings is 1. The van der Waals surface area contributed by atoms with Crippen molar-refractivity contribution in [1.29, 1.82) is 5.41 Å². The fourth-order valence-electron chi connectivity index (χ4n) is 4.54. The Balaban J connectivity index is 1.50. The lowest BCUT2D eigenvalue weighted by Gasteiger charge is -2.44. The highest BCUT2D eigenvalue weighted by Crippen LogP contribution is 2.40. The number of nitrogens with one attached hydrogen (secondary N) is 1. The largest absolute Gasteiger partial charge is 0.381 e. The summed E-state index contributed by atoms with van der Waals surface area (Å²) in [5, 5.41) is 8.48. The molecule has 2 saturated heterocycles. The van der Waals surface area contributed by atoms with Gasteiger partial charge in [0.1, 0.15) is 6.54 Å². The predicted molar refractivity (Wildman–Crippen MR) is 99.8 cm³/mol. The molecular weight excluding hydrogens is 328 g/mol. The molecule has 0 bridgehead atoms. The van der Waals surface area contributed by atoms with Crippen LogP contribution in [-0.4, -0.2) is 46.2 Å². The van der Waals surface area contributed by atoms with E-state index in [4.69, 9.17) is 10.1 Å². The number of nitrogens with zero attached hydrogens (tertiary/aromatic N) is 3. The van der Waals surface area contributed by atoms with Gasteiger partial charge in [-0.3, -0.25) is 10.2 Å². The van der Waals surface area contributed by atoms with Crippen LogP contribution in [-0.2, 0) is 22.6 Å². The lowest BCUT2D eigenvalue weighted by atomic mass is 9.72. The molecule has 3 heterocycles. The number of aromatic nitrogens is 2. The zero-order valence-electron chi connectivity index (χ0n) is 15.5. The minimum Gasteiger partial charge on any atom is -0.381 e. The van der Waals surface area contributed by atoms with E-state index in [1.54, 1.807) is 0 Å². The van der Waals surface area contributed by atoms with Gasteiger partial charge < -0.3 is 18.8 Å². The van der Waals surface area contributed by atoms with Crippen molar-refractivity contribution in [1.82, 2.24) is 14.0 Å². The van der Waals surface area contributed by atoms with E-state index in [-0.39, 0.29) is 12.5 Å². The Morgan fingerprint density at radius 1 is 1.08 bits per heavy atom. The first-order valence-corrected chi connectivity index (χ1v) is 9.72. The second-order valence-corrected chi connectivity index (χ2v) is 7.64. The third-order valence-electron chi connectivity index (χ3n) is 6.31. The number of likely N-dealkylation sites (tertiary alicyclic amines) is 1. The van der Waals surface area contributed by atoms with Crippen molar-refractivity contribution in [3.63, 3.8) is 0 Å². The van der Waals surface area contributed by atoms with Gasteiger partial charge >= 0.3 is 0 Å². The second kappa shape index (κ2) is 6.91. The minimum atomic E-state index is 0.129. The van der Waals surface area contributed by atoms with Crippen molar-refractivity contribution < 1.29 is 9.53 Å². The molecule has 2 aliphatic rings. The van der Waals surface area contributed by atoms with Crippen molar-refractivity contribution in [3.8, 4) is 0 Å². The highest BCUT2D eigenvalue weighted by Gasteiger charge is 2.37. The zero-order valence-corrected chi connectivity index (χ0v) is 15.5. The first-order chi connectivity index (χ1) is 12.6. The third kappa shape index (κ3) is 2.96. The molecular formula is C20H28N4O2. The third-order valence-corrected chi connectivity index (χ3v) is 6.31. The standard InChI is InChI=1S/C20H28N4O2/c1-2-23-16-5-3-4-6-17(16)24(19(23)21)15-18(25)22-11-7-20(8-12-22)9-13-26-14-10-20/h3-6,21H,2,7-15H2,1H3. The van der Waals surface area contributed by atoms with Gasteiger partial charge in [0.05, 0.1) is 11.0 Å². The van der Waals surface area contributed by atoms with Gasteiger partial charge in [-0.05, 0) is 50.2 Å². The molecule has 140 valence electrons. The smallest absolute Gasteiger partial charge is 0.242 e. The molecule has 1 N–H and O–H groups in total. The summed E-state index contributed by atoms with van der Waals surface area (Å²) in [6, 6.07) is 7.98. The summed E-state index contributed by atoms with van der Waals surface area (Å²) in [5.74, 6) is 0.129. The van der Waals surface area contributed by atoms with Gasteiger partial charge in [-0.25, -0.2) is 0 Å². The molecule has 26 heavy (non-hydrogen) atoms. The van der Waals surface area contributed by atoms with Gasteiger partial charge in [-0.2, -0.15) is 0 Å². The van der Waals surface area contributed by atoms with E-state index < -0.39 is 0 Å². The molecule has 6 nitrogen and oxygen atoms in total. The van der Waals surface area contributed by atoms with Crippen LogP contribution in [0.1, 0.15) is 32.6 Å². The summed E-state index contributed by atoms with van der Waals surface area (Å²) >= 11 is 0. The van der Waals surface area contributed by atoms with Crippen molar-refractivity contribution in [3.05, 3.63) is 29.9 Å². The molecule has 1 spiro atoms. The van der Waals surface area contributed by atoms with Crippen LogP contribution in [0.3, 0.4) is 0 Å². The maximum absolute atomic E-state index is 12.9. The predicted octanol–water partition coefficient (Wildman–Crippen LogP) is 2.36. The van der Waals surface area contributed by atoms with E-state index in [0.717, 1.165) is 69.6 Å². The molecule has 0 atom stereocenters. The molecule has 6 heteroatoms. The van der Waals surface area contributed by atoms with E-state index in [2.05, 4.69) is 0 Å². The molecule has 1 amide bonds. The molecule has 0 radical (unpaired) electrons. The fourth-order valence-corrected chi connectivity index (χ4v) is 4.54. The van der Waals surface area contributed by atoms with Crippen LogP contribution >= 0.6 is 0 Å². The summed E-state index contributed by atoms with van der Waals surface area (Å²) in [6.45, 7) is 6.41. The van der Waals surface area contributed by atoms with Crippen LogP contribution in [0.2, 0.25) is 0 Å². The summed E-state index contributed by atoms with van der Waals surface area (Å²) in [5.41, 5.74) is 2.78. The van der Waals surface area contributed by atoms with Crippen LogP contribution in [0, 0.1) is 10.8 Å². The molecule has 1 aromatic heterocycles.